The lowest BCUT2D eigenvalue weighted by Gasteiger charge is -2.20. The second-order valence-electron chi connectivity index (χ2n) is 6.30. The number of aliphatic hydroxyl groups excluding tert-OH is 1. The van der Waals surface area contributed by atoms with E-state index in [0.717, 1.165) is 6.26 Å². The Kier molecular flexibility index (Phi) is 4.10. The van der Waals surface area contributed by atoms with E-state index in [4.69, 9.17) is 10.00 Å². The van der Waals surface area contributed by atoms with Gasteiger partial charge in [0.1, 0.15) is 11.9 Å². The smallest absolute Gasteiger partial charge is 0.188 e. The Morgan fingerprint density at radius 2 is 2.17 bits per heavy atom. The largest absolute Gasteiger partial charge is 0.493 e. The summed E-state index contributed by atoms with van der Waals surface area (Å²) in [7, 11) is -2.17. The van der Waals surface area contributed by atoms with Crippen molar-refractivity contribution >= 4 is 19.1 Å². The molecule has 5 nitrogen and oxygen atoms in total. The molecule has 24 heavy (non-hydrogen) atoms. The van der Waals surface area contributed by atoms with Gasteiger partial charge in [0.2, 0.25) is 0 Å². The molecule has 0 heterocycles. The zero-order chi connectivity index (χ0) is 17.9. The summed E-state index contributed by atoms with van der Waals surface area (Å²) >= 11 is 0. The zero-order valence-electron chi connectivity index (χ0n) is 12.7. The molecule has 3 rings (SSSR count). The van der Waals surface area contributed by atoms with Crippen LogP contribution < -0.4 is 4.74 Å². The van der Waals surface area contributed by atoms with Crippen LogP contribution in [0.3, 0.4) is 0 Å². The van der Waals surface area contributed by atoms with Crippen molar-refractivity contribution in [2.24, 2.45) is 11.8 Å². The number of alkyl halides is 2. The molecule has 2 aliphatic carbocycles. The van der Waals surface area contributed by atoms with Crippen LogP contribution >= 0.6 is 9.24 Å². The topological polar surface area (TPSA) is 87.4 Å². The third-order valence-corrected chi connectivity index (χ3v) is 6.25. The van der Waals surface area contributed by atoms with Crippen molar-refractivity contribution in [3.8, 4) is 11.8 Å². The van der Waals surface area contributed by atoms with Crippen LogP contribution in [0.2, 0.25) is 0 Å². The molecule has 0 aromatic heterocycles. The van der Waals surface area contributed by atoms with E-state index < -0.39 is 27.5 Å². The molecule has 0 radical (unpaired) electrons. The fourth-order valence-electron chi connectivity index (χ4n) is 2.96. The molecule has 1 aromatic carbocycles. The van der Waals surface area contributed by atoms with Gasteiger partial charge in [-0.1, -0.05) is 9.24 Å². The Morgan fingerprint density at radius 3 is 2.71 bits per heavy atom. The molecular formula is C15H16F2NO4PS. The third kappa shape index (κ3) is 2.69. The molecule has 0 saturated heterocycles. The number of hydrogen-bond acceptors (Lipinski definition) is 5. The molecule has 2 aliphatic rings. The first kappa shape index (κ1) is 17.5. The number of halogens is 2. The Bertz CT molecular complexity index is 837. The summed E-state index contributed by atoms with van der Waals surface area (Å²) in [6.07, 6.45) is -2.59. The number of hydrogen-bond donors (Lipinski definition) is 1. The van der Waals surface area contributed by atoms with Crippen LogP contribution in [0.5, 0.6) is 5.75 Å². The fraction of sp³-hybridized carbons (Fsp3) is 0.533. The second kappa shape index (κ2) is 5.62. The lowest BCUT2D eigenvalue weighted by molar-refractivity contribution is 0.0187. The van der Waals surface area contributed by atoms with Crippen LogP contribution in [0.25, 0.3) is 0 Å². The molecule has 1 N–H and O–H groups in total. The summed E-state index contributed by atoms with van der Waals surface area (Å²) in [4.78, 5) is -0.316. The van der Waals surface area contributed by atoms with E-state index in [0.29, 0.717) is 6.42 Å². The molecule has 1 fully saturated rings. The lowest BCUT2D eigenvalue weighted by atomic mass is 10.1. The number of nitrogens with zero attached hydrogens (tertiary/aromatic N) is 1. The van der Waals surface area contributed by atoms with E-state index >= 15 is 0 Å². The van der Waals surface area contributed by atoms with E-state index in [2.05, 4.69) is 6.07 Å². The maximum Gasteiger partial charge on any atom is 0.188 e. The van der Waals surface area contributed by atoms with Crippen LogP contribution in [0.15, 0.2) is 17.0 Å². The van der Waals surface area contributed by atoms with Gasteiger partial charge < -0.3 is 9.84 Å². The molecule has 9 heteroatoms. The lowest BCUT2D eigenvalue weighted by Crippen LogP contribution is -2.22. The molecule has 0 aliphatic heterocycles. The number of benzene rings is 1. The number of rotatable bonds is 4. The van der Waals surface area contributed by atoms with Gasteiger partial charge in [0, 0.05) is 23.3 Å². The van der Waals surface area contributed by atoms with E-state index in [1.165, 1.54) is 12.1 Å². The average Bonchev–Trinajstić information content (AvgIpc) is 3.24. The first-order valence-corrected chi connectivity index (χ1v) is 9.75. The normalized spacial score (nSPS) is 34.5. The molecule has 0 bridgehead atoms. The first-order chi connectivity index (χ1) is 11.1. The van der Waals surface area contributed by atoms with Crippen LogP contribution in [0.1, 0.15) is 29.8 Å². The number of sulfone groups is 1. The summed E-state index contributed by atoms with van der Waals surface area (Å²) in [5, 5.41) is 16.2. The fourth-order valence-corrected chi connectivity index (χ4v) is 4.23. The highest BCUT2D eigenvalue weighted by Gasteiger charge is 2.55. The summed E-state index contributed by atoms with van der Waals surface area (Å²) in [5.74, 6) is -0.0904. The number of ether oxygens (including phenoxy) is 1. The van der Waals surface area contributed by atoms with Gasteiger partial charge in [-0.15, -0.1) is 0 Å². The van der Waals surface area contributed by atoms with Gasteiger partial charge in [-0.05, 0) is 18.6 Å². The quantitative estimate of drug-likeness (QED) is 0.816. The standard InChI is InChI=1S/C15H16F2NO4PS/c1-24(20,21)10-3-2-9(22-6-8-4-7(8)5-18)11-12(10)14(19)15(17,23)13(11)16/h2-3,7-8,13-14,19H,4,6,23H2,1H3. The van der Waals surface area contributed by atoms with Crippen LogP contribution in [-0.2, 0) is 9.84 Å². The predicted octanol–water partition coefficient (Wildman–Crippen LogP) is 2.23. The molecule has 0 spiro atoms. The highest BCUT2D eigenvalue weighted by Crippen LogP contribution is 2.59. The Balaban J connectivity index is 2.03. The Hall–Kier alpha value is -1.29. The molecule has 0 amide bonds. The van der Waals surface area contributed by atoms with Crippen LogP contribution in [0, 0.1) is 23.2 Å². The summed E-state index contributed by atoms with van der Waals surface area (Å²) in [5.41, 5.74) is -0.579. The van der Waals surface area contributed by atoms with Crippen molar-refractivity contribution in [3.63, 3.8) is 0 Å². The number of nitriles is 1. The molecule has 6 atom stereocenters. The van der Waals surface area contributed by atoms with Crippen molar-refractivity contribution in [2.45, 2.75) is 29.0 Å². The SMILES string of the molecule is CS(=O)(=O)c1ccc(OCC2CC2C#N)c2c1C(O)C(F)(P)C2F. The van der Waals surface area contributed by atoms with Crippen molar-refractivity contribution in [3.05, 3.63) is 23.3 Å². The monoisotopic (exact) mass is 375 g/mol. The van der Waals surface area contributed by atoms with Gasteiger partial charge in [0.05, 0.1) is 23.5 Å². The van der Waals surface area contributed by atoms with Crippen molar-refractivity contribution in [1.82, 2.24) is 0 Å². The third-order valence-electron chi connectivity index (χ3n) is 4.48. The molecular weight excluding hydrogens is 359 g/mol. The van der Waals surface area contributed by atoms with E-state index in [-0.39, 0.29) is 40.2 Å². The zero-order valence-corrected chi connectivity index (χ0v) is 14.7. The number of fused-ring (bicyclic) bond motifs is 1. The predicted molar refractivity (Wildman–Crippen MR) is 84.6 cm³/mol. The Labute approximate surface area is 140 Å². The van der Waals surface area contributed by atoms with Gasteiger partial charge in [-0.3, -0.25) is 0 Å². The van der Waals surface area contributed by atoms with Gasteiger partial charge in [0.25, 0.3) is 0 Å². The van der Waals surface area contributed by atoms with E-state index in [1.54, 1.807) is 9.24 Å². The average molecular weight is 375 g/mol. The summed E-state index contributed by atoms with van der Waals surface area (Å²) in [6, 6.07) is 4.55. The maximum absolute atomic E-state index is 14.6. The van der Waals surface area contributed by atoms with Crippen molar-refractivity contribution < 1.29 is 27.0 Å². The summed E-state index contributed by atoms with van der Waals surface area (Å²) in [6.45, 7) is 0.155. The van der Waals surface area contributed by atoms with E-state index in [1.807, 2.05) is 0 Å². The van der Waals surface area contributed by atoms with Gasteiger partial charge in [-0.25, -0.2) is 17.2 Å². The van der Waals surface area contributed by atoms with Crippen LogP contribution in [-0.4, -0.2) is 31.8 Å². The first-order valence-electron chi connectivity index (χ1n) is 7.28. The minimum Gasteiger partial charge on any atom is -0.493 e. The highest BCUT2D eigenvalue weighted by atomic mass is 32.2. The minimum absolute atomic E-state index is 0.00508. The minimum atomic E-state index is -3.78. The summed E-state index contributed by atoms with van der Waals surface area (Å²) < 4.78 is 58.4. The highest BCUT2D eigenvalue weighted by molar-refractivity contribution is 7.90. The van der Waals surface area contributed by atoms with Gasteiger partial charge >= 0.3 is 0 Å². The second-order valence-corrected chi connectivity index (χ2v) is 9.17. The maximum atomic E-state index is 14.6. The van der Waals surface area contributed by atoms with Gasteiger partial charge in [0.15, 0.2) is 21.4 Å². The Morgan fingerprint density at radius 1 is 1.50 bits per heavy atom. The van der Waals surface area contributed by atoms with Gasteiger partial charge in [-0.2, -0.15) is 5.26 Å². The molecule has 1 saturated carbocycles. The molecule has 130 valence electrons. The molecule has 1 aromatic rings. The van der Waals surface area contributed by atoms with Crippen molar-refractivity contribution in [1.29, 1.82) is 5.26 Å². The molecule has 6 unspecified atom stereocenters. The number of aliphatic hydroxyl groups is 1. The van der Waals surface area contributed by atoms with Crippen LogP contribution in [0.4, 0.5) is 8.78 Å². The van der Waals surface area contributed by atoms with Crippen molar-refractivity contribution in [2.75, 3.05) is 12.9 Å². The van der Waals surface area contributed by atoms with E-state index in [9.17, 15) is 22.3 Å².